The van der Waals surface area contributed by atoms with E-state index in [4.69, 9.17) is 4.42 Å². The van der Waals surface area contributed by atoms with Crippen LogP contribution in [0.2, 0.25) is 0 Å². The van der Waals surface area contributed by atoms with Crippen LogP contribution in [0.15, 0.2) is 40.9 Å². The molecule has 2 nitrogen and oxygen atoms in total. The van der Waals surface area contributed by atoms with Crippen molar-refractivity contribution in [3.63, 3.8) is 0 Å². The minimum Gasteiger partial charge on any atom is -0.401 e. The van der Waals surface area contributed by atoms with Gasteiger partial charge in [-0.15, -0.1) is 0 Å². The molecule has 2 heteroatoms. The van der Waals surface area contributed by atoms with Crippen LogP contribution in [-0.2, 0) is 13.0 Å². The van der Waals surface area contributed by atoms with E-state index >= 15 is 0 Å². The van der Waals surface area contributed by atoms with E-state index in [9.17, 15) is 0 Å². The van der Waals surface area contributed by atoms with Crippen LogP contribution in [0.3, 0.4) is 0 Å². The van der Waals surface area contributed by atoms with Gasteiger partial charge in [0, 0.05) is 12.0 Å². The molecule has 2 aromatic rings. The number of aryl methyl sites for hydroxylation is 2. The number of nitrogens with zero attached hydrogens (tertiary/aromatic N) is 1. The fraction of sp³-hybridized carbons (Fsp3) is 0.250. The molecular formula is C12H12NO+. The Bertz CT molecular complexity index is 423. The van der Waals surface area contributed by atoms with Crippen LogP contribution >= 0.6 is 0 Å². The molecule has 0 unspecified atom stereocenters. The van der Waals surface area contributed by atoms with Crippen LogP contribution in [0, 0.1) is 0 Å². The quantitative estimate of drug-likeness (QED) is 0.624. The summed E-state index contributed by atoms with van der Waals surface area (Å²) < 4.78 is 7.99. The monoisotopic (exact) mass is 186 g/mol. The molecule has 1 aliphatic heterocycles. The highest BCUT2D eigenvalue weighted by Crippen LogP contribution is 2.21. The van der Waals surface area contributed by atoms with E-state index < -0.39 is 0 Å². The molecule has 0 saturated heterocycles. The van der Waals surface area contributed by atoms with E-state index in [0.29, 0.717) is 0 Å². The van der Waals surface area contributed by atoms with Gasteiger partial charge in [-0.25, -0.2) is 0 Å². The first-order valence-electron chi connectivity index (χ1n) is 5.01. The molecule has 0 radical (unpaired) electrons. The van der Waals surface area contributed by atoms with Gasteiger partial charge in [0.15, 0.2) is 6.54 Å². The third-order valence-electron chi connectivity index (χ3n) is 2.67. The van der Waals surface area contributed by atoms with E-state index in [1.54, 1.807) is 0 Å². The van der Waals surface area contributed by atoms with E-state index in [0.717, 1.165) is 30.2 Å². The Morgan fingerprint density at radius 1 is 1.14 bits per heavy atom. The summed E-state index contributed by atoms with van der Waals surface area (Å²) in [5, 5.41) is 0. The van der Waals surface area contributed by atoms with Crippen LogP contribution < -0.4 is 4.57 Å². The second kappa shape index (κ2) is 2.98. The third kappa shape index (κ3) is 1.15. The number of aromatic nitrogens is 1. The van der Waals surface area contributed by atoms with E-state index in [2.05, 4.69) is 22.9 Å². The molecule has 0 N–H and O–H groups in total. The van der Waals surface area contributed by atoms with Crippen LogP contribution in [0.1, 0.15) is 12.3 Å². The Morgan fingerprint density at radius 2 is 2.00 bits per heavy atom. The van der Waals surface area contributed by atoms with E-state index in [-0.39, 0.29) is 0 Å². The smallest absolute Gasteiger partial charge is 0.347 e. The Labute approximate surface area is 82.8 Å². The minimum atomic E-state index is 0.986. The van der Waals surface area contributed by atoms with Gasteiger partial charge in [0.1, 0.15) is 0 Å². The lowest BCUT2D eigenvalue weighted by Crippen LogP contribution is -2.28. The SMILES string of the molecule is c1ccc(-c2c[n+]3c(o2)CCC3)cc1. The molecule has 3 rings (SSSR count). The first kappa shape index (κ1) is 7.80. The minimum absolute atomic E-state index is 0.986. The van der Waals surface area contributed by atoms with Crippen molar-refractivity contribution in [1.29, 1.82) is 0 Å². The lowest BCUT2D eigenvalue weighted by Gasteiger charge is -1.90. The zero-order valence-electron chi connectivity index (χ0n) is 7.94. The Morgan fingerprint density at radius 3 is 2.79 bits per heavy atom. The van der Waals surface area contributed by atoms with Crippen molar-refractivity contribution in [2.75, 3.05) is 0 Å². The van der Waals surface area contributed by atoms with Crippen molar-refractivity contribution in [2.45, 2.75) is 19.4 Å². The van der Waals surface area contributed by atoms with Gasteiger partial charge in [-0.2, -0.15) is 4.57 Å². The molecule has 0 fully saturated rings. The maximum atomic E-state index is 5.78. The zero-order chi connectivity index (χ0) is 9.38. The molecular weight excluding hydrogens is 174 g/mol. The van der Waals surface area contributed by atoms with Crippen LogP contribution in [0.5, 0.6) is 0 Å². The maximum absolute atomic E-state index is 5.78. The Balaban J connectivity index is 2.06. The van der Waals surface area contributed by atoms with Gasteiger partial charge in [-0.05, 0) is 0 Å². The summed E-state index contributed by atoms with van der Waals surface area (Å²) in [5.74, 6) is 2.10. The number of hydrogen-bond donors (Lipinski definition) is 0. The molecule has 0 saturated carbocycles. The molecule has 0 spiro atoms. The summed E-state index contributed by atoms with van der Waals surface area (Å²) in [6.45, 7) is 1.10. The lowest BCUT2D eigenvalue weighted by molar-refractivity contribution is -0.693. The molecule has 0 aliphatic carbocycles. The van der Waals surface area contributed by atoms with Gasteiger partial charge in [-0.1, -0.05) is 30.3 Å². The first-order chi connectivity index (χ1) is 6.93. The zero-order valence-corrected chi connectivity index (χ0v) is 7.94. The van der Waals surface area contributed by atoms with Crippen molar-refractivity contribution in [3.05, 3.63) is 42.4 Å². The van der Waals surface area contributed by atoms with Crippen molar-refractivity contribution >= 4 is 0 Å². The normalized spacial score (nSPS) is 14.3. The summed E-state index contributed by atoms with van der Waals surface area (Å²) in [6, 6.07) is 10.2. The van der Waals surface area contributed by atoms with E-state index in [1.807, 2.05) is 18.2 Å². The van der Waals surface area contributed by atoms with Crippen LogP contribution in [0.25, 0.3) is 11.3 Å². The first-order valence-corrected chi connectivity index (χ1v) is 5.01. The Hall–Kier alpha value is -1.57. The van der Waals surface area contributed by atoms with Gasteiger partial charge < -0.3 is 4.42 Å². The van der Waals surface area contributed by atoms with Gasteiger partial charge in [0.05, 0.1) is 6.42 Å². The van der Waals surface area contributed by atoms with Crippen LogP contribution in [0.4, 0.5) is 0 Å². The largest absolute Gasteiger partial charge is 0.401 e. The molecule has 14 heavy (non-hydrogen) atoms. The summed E-state index contributed by atoms with van der Waals surface area (Å²) in [4.78, 5) is 0. The number of benzene rings is 1. The van der Waals surface area contributed by atoms with Crippen molar-refractivity contribution in [3.8, 4) is 11.3 Å². The maximum Gasteiger partial charge on any atom is 0.347 e. The molecule has 1 aromatic heterocycles. The fourth-order valence-electron chi connectivity index (χ4n) is 1.95. The predicted molar refractivity (Wildman–Crippen MR) is 52.7 cm³/mol. The van der Waals surface area contributed by atoms with Crippen molar-refractivity contribution in [2.24, 2.45) is 0 Å². The van der Waals surface area contributed by atoms with E-state index in [1.165, 1.54) is 6.42 Å². The summed E-state index contributed by atoms with van der Waals surface area (Å²) in [7, 11) is 0. The third-order valence-corrected chi connectivity index (χ3v) is 2.67. The fourth-order valence-corrected chi connectivity index (χ4v) is 1.95. The second-order valence-electron chi connectivity index (χ2n) is 3.65. The highest BCUT2D eigenvalue weighted by atomic mass is 16.4. The van der Waals surface area contributed by atoms with Gasteiger partial charge in [0.2, 0.25) is 12.0 Å². The number of rotatable bonds is 1. The molecule has 0 amide bonds. The average Bonchev–Trinajstić information content (AvgIpc) is 2.78. The van der Waals surface area contributed by atoms with Gasteiger partial charge in [0.25, 0.3) is 0 Å². The summed E-state index contributed by atoms with van der Waals surface area (Å²) >= 11 is 0. The van der Waals surface area contributed by atoms with Gasteiger partial charge in [-0.3, -0.25) is 0 Å². The lowest BCUT2D eigenvalue weighted by atomic mass is 10.2. The number of oxazole rings is 1. The molecule has 1 aromatic carbocycles. The van der Waals surface area contributed by atoms with Crippen molar-refractivity contribution in [1.82, 2.24) is 0 Å². The predicted octanol–water partition coefficient (Wildman–Crippen LogP) is 2.18. The average molecular weight is 186 g/mol. The van der Waals surface area contributed by atoms with Crippen molar-refractivity contribution < 1.29 is 8.98 Å². The Kier molecular flexibility index (Phi) is 1.66. The standard InChI is InChI=1S/C12H12NO/c1-2-5-10(6-3-1)11-9-13-8-4-7-12(13)14-11/h1-3,5-6,9H,4,7-8H2/q+1. The summed E-state index contributed by atoms with van der Waals surface area (Å²) in [5.41, 5.74) is 1.16. The molecule has 0 atom stereocenters. The second-order valence-corrected chi connectivity index (χ2v) is 3.65. The number of hydrogen-bond acceptors (Lipinski definition) is 1. The number of fused-ring (bicyclic) bond motifs is 1. The topological polar surface area (TPSA) is 17.0 Å². The highest BCUT2D eigenvalue weighted by molar-refractivity contribution is 5.54. The molecule has 2 heterocycles. The van der Waals surface area contributed by atoms with Gasteiger partial charge >= 0.3 is 5.89 Å². The molecule has 0 bridgehead atoms. The van der Waals surface area contributed by atoms with Crippen LogP contribution in [-0.4, -0.2) is 0 Å². The molecule has 70 valence electrons. The summed E-state index contributed by atoms with van der Waals surface area (Å²) in [6.07, 6.45) is 4.40. The molecule has 1 aliphatic rings. The highest BCUT2D eigenvalue weighted by Gasteiger charge is 2.25.